The molecule has 3 aromatic rings. The molecule has 0 radical (unpaired) electrons. The molecule has 1 amide bonds. The summed E-state index contributed by atoms with van der Waals surface area (Å²) in [5, 5.41) is 34.9. The number of non-ortho nitro benzene ring substituents is 1. The van der Waals surface area contributed by atoms with Crippen molar-refractivity contribution in [1.82, 2.24) is 0 Å². The molecule has 0 saturated carbocycles. The summed E-state index contributed by atoms with van der Waals surface area (Å²) in [7, 11) is 3.79. The number of carbonyl (C=O) groups excluding carboxylic acids is 1. The number of nitrogens with zero attached hydrogens (tertiary/aromatic N) is 4. The number of anilines is 2. The van der Waals surface area contributed by atoms with E-state index in [1.807, 2.05) is 59.8 Å². The fourth-order valence-electron chi connectivity index (χ4n) is 3.35. The summed E-state index contributed by atoms with van der Waals surface area (Å²) in [6.07, 6.45) is 1.38. The van der Waals surface area contributed by atoms with Gasteiger partial charge in [-0.3, -0.25) is 25.0 Å². The third-order valence-electron chi connectivity index (χ3n) is 5.21. The van der Waals surface area contributed by atoms with E-state index in [0.717, 1.165) is 23.9 Å². The molecule has 13 heteroatoms. The SMILES string of the molecule is CCOc1cc(/C=C(/C#N)C(=O)Nc2ccc(N(C)C)cc2)cc(I)c1Oc1ccc([N+](=O)[O-])cc1[N+](=O)[O-]. The highest BCUT2D eigenvalue weighted by Crippen LogP contribution is 2.41. The van der Waals surface area contributed by atoms with Gasteiger partial charge in [-0.1, -0.05) is 0 Å². The van der Waals surface area contributed by atoms with Crippen molar-refractivity contribution >= 4 is 57.3 Å². The number of rotatable bonds is 10. The minimum absolute atomic E-state index is 0.135. The largest absolute Gasteiger partial charge is 0.490 e. The van der Waals surface area contributed by atoms with Crippen LogP contribution in [-0.2, 0) is 4.79 Å². The summed E-state index contributed by atoms with van der Waals surface area (Å²) in [6.45, 7) is 1.94. The lowest BCUT2D eigenvalue weighted by Gasteiger charge is -2.15. The molecule has 0 aliphatic rings. The monoisotopic (exact) mass is 643 g/mol. The molecule has 0 aromatic heterocycles. The van der Waals surface area contributed by atoms with Crippen LogP contribution >= 0.6 is 22.6 Å². The number of nitriles is 1. The summed E-state index contributed by atoms with van der Waals surface area (Å²) in [5.74, 6) is -0.495. The molecular formula is C26H22IN5O7. The maximum absolute atomic E-state index is 12.8. The van der Waals surface area contributed by atoms with Crippen LogP contribution in [0, 0.1) is 35.1 Å². The van der Waals surface area contributed by atoms with Crippen molar-refractivity contribution in [2.75, 3.05) is 30.9 Å². The van der Waals surface area contributed by atoms with Crippen molar-refractivity contribution in [3.05, 3.63) is 89.5 Å². The van der Waals surface area contributed by atoms with Crippen LogP contribution in [0.4, 0.5) is 22.7 Å². The Labute approximate surface area is 236 Å². The van der Waals surface area contributed by atoms with Gasteiger partial charge in [-0.25, -0.2) is 0 Å². The lowest BCUT2D eigenvalue weighted by Crippen LogP contribution is -2.14. The van der Waals surface area contributed by atoms with Crippen LogP contribution in [0.5, 0.6) is 17.2 Å². The van der Waals surface area contributed by atoms with E-state index in [4.69, 9.17) is 9.47 Å². The number of hydrogen-bond donors (Lipinski definition) is 1. The van der Waals surface area contributed by atoms with Gasteiger partial charge in [-0.15, -0.1) is 0 Å². The van der Waals surface area contributed by atoms with E-state index < -0.39 is 27.1 Å². The van der Waals surface area contributed by atoms with Gasteiger partial charge >= 0.3 is 5.69 Å². The molecule has 1 N–H and O–H groups in total. The molecule has 200 valence electrons. The molecule has 0 unspecified atom stereocenters. The molecule has 0 aliphatic carbocycles. The minimum Gasteiger partial charge on any atom is -0.490 e. The fourth-order valence-corrected chi connectivity index (χ4v) is 4.08. The van der Waals surface area contributed by atoms with Crippen molar-refractivity contribution in [2.24, 2.45) is 0 Å². The Morgan fingerprint density at radius 1 is 1.08 bits per heavy atom. The average molecular weight is 643 g/mol. The topological polar surface area (TPSA) is 161 Å². The van der Waals surface area contributed by atoms with Crippen molar-refractivity contribution in [1.29, 1.82) is 5.26 Å². The van der Waals surface area contributed by atoms with E-state index in [9.17, 15) is 30.3 Å². The van der Waals surface area contributed by atoms with Crippen LogP contribution in [-0.4, -0.2) is 36.5 Å². The van der Waals surface area contributed by atoms with Crippen LogP contribution in [0.3, 0.4) is 0 Å². The Balaban J connectivity index is 1.94. The standard InChI is InChI=1S/C26H22IN5O7/c1-4-38-24-13-16(11-17(15-28)26(33)29-18-5-7-19(8-6-18)30(2)3)12-21(27)25(24)39-23-10-9-20(31(34)35)14-22(23)32(36)37/h5-14H,4H2,1-3H3,(H,29,33)/b17-11-. The van der Waals surface area contributed by atoms with E-state index in [1.165, 1.54) is 12.1 Å². The molecule has 0 bridgehead atoms. The normalized spacial score (nSPS) is 10.8. The summed E-state index contributed by atoms with van der Waals surface area (Å²) in [5.41, 5.74) is 0.708. The van der Waals surface area contributed by atoms with Crippen LogP contribution in [0.25, 0.3) is 6.08 Å². The Morgan fingerprint density at radius 2 is 1.77 bits per heavy atom. The Bertz CT molecular complexity index is 1500. The van der Waals surface area contributed by atoms with Crippen molar-refractivity contribution in [3.8, 4) is 23.3 Å². The first kappa shape index (κ1) is 28.9. The number of halogens is 1. The number of ether oxygens (including phenoxy) is 2. The molecular weight excluding hydrogens is 621 g/mol. The second-order valence-corrected chi connectivity index (χ2v) is 9.26. The molecule has 3 aromatic carbocycles. The summed E-state index contributed by atoms with van der Waals surface area (Å²) in [6, 6.07) is 15.2. The quantitative estimate of drug-likeness (QED) is 0.0931. The maximum Gasteiger partial charge on any atom is 0.318 e. The average Bonchev–Trinajstić information content (AvgIpc) is 2.89. The second-order valence-electron chi connectivity index (χ2n) is 8.10. The highest BCUT2D eigenvalue weighted by atomic mass is 127. The zero-order valence-electron chi connectivity index (χ0n) is 21.0. The second kappa shape index (κ2) is 12.7. The van der Waals surface area contributed by atoms with E-state index in [0.29, 0.717) is 14.8 Å². The first-order valence-corrected chi connectivity index (χ1v) is 12.4. The number of carbonyl (C=O) groups is 1. The van der Waals surface area contributed by atoms with Crippen LogP contribution < -0.4 is 19.7 Å². The molecule has 0 spiro atoms. The smallest absolute Gasteiger partial charge is 0.318 e. The molecule has 0 aliphatic heterocycles. The molecule has 0 heterocycles. The van der Waals surface area contributed by atoms with E-state index in [-0.39, 0.29) is 29.4 Å². The Kier molecular flexibility index (Phi) is 9.39. The van der Waals surface area contributed by atoms with Crippen LogP contribution in [0.2, 0.25) is 0 Å². The third-order valence-corrected chi connectivity index (χ3v) is 6.01. The van der Waals surface area contributed by atoms with Gasteiger partial charge in [0.25, 0.3) is 11.6 Å². The molecule has 0 saturated heterocycles. The number of hydrogen-bond acceptors (Lipinski definition) is 9. The number of amides is 1. The number of benzene rings is 3. The Hall–Kier alpha value is -4.71. The predicted octanol–water partition coefficient (Wildman–Crippen LogP) is 5.91. The highest BCUT2D eigenvalue weighted by Gasteiger charge is 2.24. The third kappa shape index (κ3) is 7.20. The zero-order chi connectivity index (χ0) is 28.7. The van der Waals surface area contributed by atoms with Gasteiger partial charge in [0.15, 0.2) is 11.5 Å². The van der Waals surface area contributed by atoms with Gasteiger partial charge in [0, 0.05) is 31.5 Å². The van der Waals surface area contributed by atoms with Gasteiger partial charge in [0.1, 0.15) is 11.6 Å². The maximum atomic E-state index is 12.8. The van der Waals surface area contributed by atoms with Crippen molar-refractivity contribution < 1.29 is 24.1 Å². The summed E-state index contributed by atoms with van der Waals surface area (Å²) < 4.78 is 11.9. The zero-order valence-corrected chi connectivity index (χ0v) is 23.2. The van der Waals surface area contributed by atoms with Gasteiger partial charge < -0.3 is 19.7 Å². The first-order valence-electron chi connectivity index (χ1n) is 11.3. The number of nitro groups is 2. The van der Waals surface area contributed by atoms with Crippen molar-refractivity contribution in [3.63, 3.8) is 0 Å². The summed E-state index contributed by atoms with van der Waals surface area (Å²) in [4.78, 5) is 35.7. The minimum atomic E-state index is -0.779. The number of nitro benzene ring substituents is 2. The van der Waals surface area contributed by atoms with Gasteiger partial charge in [0.2, 0.25) is 5.75 Å². The van der Waals surface area contributed by atoms with Crippen LogP contribution in [0.15, 0.2) is 60.2 Å². The first-order chi connectivity index (χ1) is 18.5. The van der Waals surface area contributed by atoms with Gasteiger partial charge in [0.05, 0.1) is 26.1 Å². The van der Waals surface area contributed by atoms with Gasteiger partial charge in [-0.05, 0) is 83.6 Å². The fraction of sp³-hybridized carbons (Fsp3) is 0.154. The lowest BCUT2D eigenvalue weighted by molar-refractivity contribution is -0.394. The molecule has 12 nitrogen and oxygen atoms in total. The van der Waals surface area contributed by atoms with E-state index >= 15 is 0 Å². The highest BCUT2D eigenvalue weighted by molar-refractivity contribution is 14.1. The molecule has 0 fully saturated rings. The van der Waals surface area contributed by atoms with Crippen LogP contribution in [0.1, 0.15) is 12.5 Å². The summed E-state index contributed by atoms with van der Waals surface area (Å²) >= 11 is 1.93. The lowest BCUT2D eigenvalue weighted by atomic mass is 10.1. The van der Waals surface area contributed by atoms with Crippen molar-refractivity contribution in [2.45, 2.75) is 6.92 Å². The number of nitrogens with one attached hydrogen (secondary N) is 1. The van der Waals surface area contributed by atoms with E-state index in [1.54, 1.807) is 25.1 Å². The van der Waals surface area contributed by atoms with E-state index in [2.05, 4.69) is 5.32 Å². The predicted molar refractivity (Wildman–Crippen MR) is 153 cm³/mol. The molecule has 39 heavy (non-hydrogen) atoms. The Morgan fingerprint density at radius 3 is 2.33 bits per heavy atom. The molecule has 0 atom stereocenters. The molecule has 3 rings (SSSR count). The van der Waals surface area contributed by atoms with Gasteiger partial charge in [-0.2, -0.15) is 5.26 Å².